The first kappa shape index (κ1) is 13.3. The van der Waals surface area contributed by atoms with Gasteiger partial charge in [0.15, 0.2) is 0 Å². The van der Waals surface area contributed by atoms with Gasteiger partial charge < -0.3 is 5.11 Å². The third-order valence-electron chi connectivity index (χ3n) is 1.10. The van der Waals surface area contributed by atoms with Crippen molar-refractivity contribution in [3.05, 3.63) is 0 Å². The molecule has 1 nitrogen and oxygen atoms in total. The molecular formula is C8H18MgO. The van der Waals surface area contributed by atoms with E-state index in [2.05, 4.69) is 6.92 Å². The van der Waals surface area contributed by atoms with Crippen molar-refractivity contribution in [2.75, 3.05) is 6.61 Å². The van der Waals surface area contributed by atoms with E-state index in [-0.39, 0.29) is 6.61 Å². The van der Waals surface area contributed by atoms with E-state index in [1.165, 1.54) is 17.4 Å². The van der Waals surface area contributed by atoms with E-state index in [0.717, 1.165) is 12.8 Å². The van der Waals surface area contributed by atoms with Crippen LogP contribution in [0.5, 0.6) is 0 Å². The summed E-state index contributed by atoms with van der Waals surface area (Å²) in [6.45, 7) is 4.32. The molecule has 0 radical (unpaired) electrons. The summed E-state index contributed by atoms with van der Waals surface area (Å²) in [5.74, 6) is 0. The van der Waals surface area contributed by atoms with Gasteiger partial charge in [-0.05, 0) is 0 Å². The van der Waals surface area contributed by atoms with Crippen LogP contribution in [0.3, 0.4) is 0 Å². The molecule has 0 aromatic rings. The summed E-state index contributed by atoms with van der Waals surface area (Å²) < 4.78 is 1.37. The van der Waals surface area contributed by atoms with Gasteiger partial charge in [0, 0.05) is 0 Å². The van der Waals surface area contributed by atoms with E-state index in [9.17, 15) is 5.11 Å². The van der Waals surface area contributed by atoms with Crippen LogP contribution in [0.4, 0.5) is 0 Å². The van der Waals surface area contributed by atoms with Crippen LogP contribution in [0.2, 0.25) is 4.55 Å². The standard InChI is InChI=1S/C4H9O.C4H9.Mg/c1-2-3-4-5;1-3-4-2;/h2-4H2,1H3;1,3-4H2,2H3;/q-1;;+1. The van der Waals surface area contributed by atoms with Crippen molar-refractivity contribution in [3.8, 4) is 0 Å². The summed E-state index contributed by atoms with van der Waals surface area (Å²) in [5, 5.41) is 9.53. The molecule has 0 atom stereocenters. The van der Waals surface area contributed by atoms with Crippen molar-refractivity contribution >= 4 is 21.7 Å². The van der Waals surface area contributed by atoms with Crippen LogP contribution in [-0.2, 0) is 0 Å². The molecule has 0 aliphatic rings. The second-order valence-corrected chi connectivity index (χ2v) is 2.97. The van der Waals surface area contributed by atoms with Gasteiger partial charge in [-0.3, -0.25) is 0 Å². The Hall–Kier alpha value is 0.726. The van der Waals surface area contributed by atoms with Crippen LogP contribution in [0, 0.1) is 0 Å². The first-order valence-electron chi connectivity index (χ1n) is 4.20. The minimum absolute atomic E-state index is 0.0938. The molecular weight excluding hydrogens is 136 g/mol. The summed E-state index contributed by atoms with van der Waals surface area (Å²) in [4.78, 5) is 0. The SMILES string of the molecule is CCCC[O-].CCC[CH2][Mg+]. The molecule has 10 heavy (non-hydrogen) atoms. The average molecular weight is 155 g/mol. The Morgan fingerprint density at radius 2 is 1.60 bits per heavy atom. The molecule has 0 aliphatic heterocycles. The third kappa shape index (κ3) is 23.3. The van der Waals surface area contributed by atoms with Crippen molar-refractivity contribution in [3.63, 3.8) is 0 Å². The van der Waals surface area contributed by atoms with E-state index in [4.69, 9.17) is 0 Å². The van der Waals surface area contributed by atoms with E-state index in [1.54, 1.807) is 0 Å². The monoisotopic (exact) mass is 154 g/mol. The molecule has 0 spiro atoms. The first-order valence-corrected chi connectivity index (χ1v) is 5.20. The normalized spacial score (nSPS) is 8.50. The molecule has 0 unspecified atom stereocenters. The van der Waals surface area contributed by atoms with Gasteiger partial charge >= 0.3 is 46.0 Å². The van der Waals surface area contributed by atoms with Crippen LogP contribution in [0.25, 0.3) is 0 Å². The molecule has 0 heterocycles. The summed E-state index contributed by atoms with van der Waals surface area (Å²) in [5.41, 5.74) is 0. The summed E-state index contributed by atoms with van der Waals surface area (Å²) in [6, 6.07) is 0. The second-order valence-electron chi connectivity index (χ2n) is 2.26. The van der Waals surface area contributed by atoms with Crippen LogP contribution in [0.1, 0.15) is 39.5 Å². The Balaban J connectivity index is 0. The van der Waals surface area contributed by atoms with Crippen LogP contribution < -0.4 is 5.11 Å². The molecule has 0 fully saturated rings. The van der Waals surface area contributed by atoms with Crippen molar-refractivity contribution in [1.82, 2.24) is 0 Å². The number of rotatable bonds is 4. The maximum atomic E-state index is 9.53. The van der Waals surface area contributed by atoms with Crippen molar-refractivity contribution in [1.29, 1.82) is 0 Å². The fourth-order valence-electron chi connectivity index (χ4n) is 0.394. The van der Waals surface area contributed by atoms with Gasteiger partial charge in [-0.1, -0.05) is 19.8 Å². The average Bonchev–Trinajstić information content (AvgIpc) is 1.93. The van der Waals surface area contributed by atoms with Gasteiger partial charge in [0.2, 0.25) is 0 Å². The van der Waals surface area contributed by atoms with Crippen molar-refractivity contribution in [2.45, 2.75) is 44.1 Å². The van der Waals surface area contributed by atoms with Gasteiger partial charge in [-0.15, -0.1) is 6.61 Å². The predicted octanol–water partition coefficient (Wildman–Crippen LogP) is 1.52. The Morgan fingerprint density at radius 3 is 1.60 bits per heavy atom. The fourth-order valence-corrected chi connectivity index (χ4v) is 0.894. The van der Waals surface area contributed by atoms with Gasteiger partial charge in [0.05, 0.1) is 0 Å². The van der Waals surface area contributed by atoms with Crippen LogP contribution in [0.15, 0.2) is 0 Å². The van der Waals surface area contributed by atoms with Gasteiger partial charge in [-0.2, -0.15) is 0 Å². The molecule has 0 aromatic heterocycles. The van der Waals surface area contributed by atoms with Gasteiger partial charge in [-0.25, -0.2) is 0 Å². The van der Waals surface area contributed by atoms with E-state index in [0.29, 0.717) is 0 Å². The molecule has 58 valence electrons. The second kappa shape index (κ2) is 16.4. The zero-order chi connectivity index (χ0) is 8.24. The summed E-state index contributed by atoms with van der Waals surface area (Å²) >= 11 is 2.05. The van der Waals surface area contributed by atoms with Gasteiger partial charge in [0.1, 0.15) is 0 Å². The van der Waals surface area contributed by atoms with Crippen LogP contribution in [-0.4, -0.2) is 28.3 Å². The Morgan fingerprint density at radius 1 is 1.10 bits per heavy atom. The van der Waals surface area contributed by atoms with Crippen molar-refractivity contribution in [2.24, 2.45) is 0 Å². The Labute approximate surface area is 77.6 Å². The summed E-state index contributed by atoms with van der Waals surface area (Å²) in [6.07, 6.45) is 4.62. The molecule has 0 amide bonds. The zero-order valence-electron chi connectivity index (χ0n) is 7.36. The molecule has 0 aromatic carbocycles. The number of hydrogen-bond acceptors (Lipinski definition) is 1. The third-order valence-corrected chi connectivity index (χ3v) is 1.60. The fraction of sp³-hybridized carbons (Fsp3) is 1.00. The molecule has 0 rings (SSSR count). The van der Waals surface area contributed by atoms with E-state index < -0.39 is 0 Å². The topological polar surface area (TPSA) is 23.1 Å². The molecule has 2 heteroatoms. The van der Waals surface area contributed by atoms with E-state index >= 15 is 0 Å². The quantitative estimate of drug-likeness (QED) is 0.563. The Bertz CT molecular complexity index is 30.2. The molecule has 0 saturated carbocycles. The van der Waals surface area contributed by atoms with E-state index in [1.807, 2.05) is 28.6 Å². The summed E-state index contributed by atoms with van der Waals surface area (Å²) in [7, 11) is 0. The first-order chi connectivity index (χ1) is 4.83. The predicted molar refractivity (Wildman–Crippen MR) is 45.2 cm³/mol. The molecule has 0 N–H and O–H groups in total. The van der Waals surface area contributed by atoms with Crippen LogP contribution >= 0.6 is 0 Å². The zero-order valence-corrected chi connectivity index (χ0v) is 8.77. The molecule has 0 saturated heterocycles. The minimum atomic E-state index is 0.0938. The van der Waals surface area contributed by atoms with Gasteiger partial charge in [0.25, 0.3) is 0 Å². The van der Waals surface area contributed by atoms with Crippen molar-refractivity contribution < 1.29 is 5.11 Å². The molecule has 0 bridgehead atoms. The molecule has 0 aliphatic carbocycles. The number of unbranched alkanes of at least 4 members (excludes halogenated alkanes) is 2. The maximum absolute atomic E-state index is 9.53. The Kier molecular flexibility index (Phi) is 21.8. The number of hydrogen-bond donors (Lipinski definition) is 0.